The van der Waals surface area contributed by atoms with Gasteiger partial charge in [-0.15, -0.1) is 0 Å². The molecule has 0 aromatic rings. The van der Waals surface area contributed by atoms with E-state index in [1.165, 1.54) is 6.21 Å². The minimum absolute atomic E-state index is 0.0112. The summed E-state index contributed by atoms with van der Waals surface area (Å²) in [6, 6.07) is -2.78. The van der Waals surface area contributed by atoms with E-state index in [2.05, 4.69) is 15.4 Å². The second-order valence-corrected chi connectivity index (χ2v) is 8.48. The number of hydrogen-bond acceptors (Lipinski definition) is 8. The highest BCUT2D eigenvalue weighted by molar-refractivity contribution is 5.86. The summed E-state index contributed by atoms with van der Waals surface area (Å²) in [5.74, 6) is -0.366. The molecular weight excluding hydrogens is 431 g/mol. The van der Waals surface area contributed by atoms with Crippen LogP contribution in [-0.2, 0) is 14.3 Å². The summed E-state index contributed by atoms with van der Waals surface area (Å²) in [7, 11) is 3.20. The van der Waals surface area contributed by atoms with Gasteiger partial charge in [0.15, 0.2) is 12.3 Å². The van der Waals surface area contributed by atoms with Crippen LogP contribution < -0.4 is 5.32 Å². The minimum Gasteiger partial charge on any atom is -0.394 e. The van der Waals surface area contributed by atoms with Gasteiger partial charge in [-0.3, -0.25) is 14.8 Å². The number of carbonyl (C=O) groups is 1. The zero-order valence-electron chi connectivity index (χ0n) is 17.9. The quantitative estimate of drug-likeness (QED) is 0.595. The molecule has 0 aromatic carbocycles. The van der Waals surface area contributed by atoms with Gasteiger partial charge in [-0.25, -0.2) is 0 Å². The van der Waals surface area contributed by atoms with E-state index in [0.29, 0.717) is 19.4 Å². The normalized spacial score (nSPS) is 35.7. The van der Waals surface area contributed by atoms with E-state index >= 15 is 0 Å². The Morgan fingerprint density at radius 2 is 2.06 bits per heavy atom. The van der Waals surface area contributed by atoms with E-state index in [4.69, 9.17) is 14.6 Å². The molecule has 4 aliphatic rings. The molecular formula is C20H28F3N5O4. The molecule has 4 rings (SSSR count). The molecule has 2 N–H and O–H groups in total. The van der Waals surface area contributed by atoms with Gasteiger partial charge in [-0.1, -0.05) is 6.08 Å². The van der Waals surface area contributed by atoms with Crippen LogP contribution in [0.3, 0.4) is 0 Å². The monoisotopic (exact) mass is 459 g/mol. The summed E-state index contributed by atoms with van der Waals surface area (Å²) in [5, 5.41) is 17.2. The number of alkyl halides is 3. The van der Waals surface area contributed by atoms with Crippen LogP contribution in [0.4, 0.5) is 13.2 Å². The molecule has 7 atom stereocenters. The first kappa shape index (κ1) is 23.0. The summed E-state index contributed by atoms with van der Waals surface area (Å²) < 4.78 is 50.2. The largest absolute Gasteiger partial charge is 0.412 e. The van der Waals surface area contributed by atoms with Crippen molar-refractivity contribution in [1.82, 2.24) is 15.2 Å². The Morgan fingerprint density at radius 3 is 2.72 bits per heavy atom. The Bertz CT molecular complexity index is 805. The maximum Gasteiger partial charge on any atom is 0.412 e. The van der Waals surface area contributed by atoms with Crippen LogP contribution in [0.15, 0.2) is 21.9 Å². The van der Waals surface area contributed by atoms with Crippen molar-refractivity contribution in [2.75, 3.05) is 33.9 Å². The summed E-state index contributed by atoms with van der Waals surface area (Å²) in [6.07, 6.45) is 1.31. The van der Waals surface area contributed by atoms with Gasteiger partial charge < -0.3 is 24.8 Å². The van der Waals surface area contributed by atoms with Crippen molar-refractivity contribution in [1.29, 1.82) is 0 Å². The van der Waals surface area contributed by atoms with Gasteiger partial charge in [0.25, 0.3) is 0 Å². The Hall–Kier alpha value is -2.18. The summed E-state index contributed by atoms with van der Waals surface area (Å²) in [4.78, 5) is 19.0. The van der Waals surface area contributed by atoms with Gasteiger partial charge >= 0.3 is 6.18 Å². The van der Waals surface area contributed by atoms with Gasteiger partial charge in [-0.05, 0) is 12.8 Å². The lowest BCUT2D eigenvalue weighted by molar-refractivity contribution is -0.192. The second-order valence-electron chi connectivity index (χ2n) is 8.48. The molecule has 4 heterocycles. The van der Waals surface area contributed by atoms with E-state index in [1.54, 1.807) is 19.1 Å². The minimum atomic E-state index is -4.60. The number of hydrogen-bond donors (Lipinski definition) is 2. The third-order valence-electron chi connectivity index (χ3n) is 6.66. The fourth-order valence-electron chi connectivity index (χ4n) is 4.86. The average Bonchev–Trinajstić information content (AvgIpc) is 3.37. The first-order valence-electron chi connectivity index (χ1n) is 10.6. The number of methoxy groups -OCH3 is 2. The fourth-order valence-corrected chi connectivity index (χ4v) is 4.86. The molecule has 0 saturated carbocycles. The Balaban J connectivity index is 1.39. The summed E-state index contributed by atoms with van der Waals surface area (Å²) >= 11 is 0. The standard InChI is InChI=1S/C20H28F3N5O4/c1-31-16-5-11(6-24-18(16)32-2)14-4-3-13-15(26-14)9-27(19(13)30)12-7-25-28(8-12)17(10-29)20(21,22)23/h4,6-7,11-13,15-18,26,29H,3,5,8-10H2,1-2H3/t11?,12?,13?,15?,16?,17-,18?/m1/s1. The number of fused-ring (bicyclic) bond motifs is 1. The number of nitrogens with zero attached hydrogens (tertiary/aromatic N) is 4. The first-order valence-corrected chi connectivity index (χ1v) is 10.6. The number of hydrazone groups is 1. The lowest BCUT2D eigenvalue weighted by Gasteiger charge is -2.34. The molecule has 1 amide bonds. The van der Waals surface area contributed by atoms with Gasteiger partial charge in [0.1, 0.15) is 6.10 Å². The molecule has 0 aromatic heterocycles. The number of carbonyl (C=O) groups excluding carboxylic acids is 1. The van der Waals surface area contributed by atoms with Crippen molar-refractivity contribution < 1.29 is 32.5 Å². The van der Waals surface area contributed by atoms with Gasteiger partial charge in [0, 0.05) is 44.8 Å². The summed E-state index contributed by atoms with van der Waals surface area (Å²) in [6.45, 7) is -0.810. The highest BCUT2D eigenvalue weighted by Crippen LogP contribution is 2.34. The number of aliphatic imine (C=N–C) groups is 1. The van der Waals surface area contributed by atoms with Crippen molar-refractivity contribution in [3.8, 4) is 0 Å². The molecule has 32 heavy (non-hydrogen) atoms. The lowest BCUT2D eigenvalue weighted by atomic mass is 9.88. The molecule has 178 valence electrons. The fraction of sp³-hybridized carbons (Fsp3) is 0.750. The Labute approximate surface area is 183 Å². The number of aliphatic hydroxyl groups excluding tert-OH is 1. The third-order valence-corrected chi connectivity index (χ3v) is 6.66. The zero-order valence-corrected chi connectivity index (χ0v) is 17.9. The molecule has 0 bridgehead atoms. The third kappa shape index (κ3) is 4.23. The molecule has 4 aliphatic heterocycles. The van der Waals surface area contributed by atoms with Gasteiger partial charge in [0.05, 0.1) is 31.2 Å². The zero-order chi connectivity index (χ0) is 23.0. The molecule has 9 nitrogen and oxygen atoms in total. The predicted octanol–water partition coefficient (Wildman–Crippen LogP) is 0.362. The maximum atomic E-state index is 13.1. The van der Waals surface area contributed by atoms with Crippen LogP contribution in [0, 0.1) is 11.8 Å². The number of ether oxygens (including phenoxy) is 2. The molecule has 12 heteroatoms. The van der Waals surface area contributed by atoms with Crippen molar-refractivity contribution in [2.24, 2.45) is 21.9 Å². The Kier molecular flexibility index (Phi) is 6.46. The van der Waals surface area contributed by atoms with E-state index in [-0.39, 0.29) is 42.7 Å². The number of halogens is 3. The van der Waals surface area contributed by atoms with E-state index in [1.807, 2.05) is 12.3 Å². The van der Waals surface area contributed by atoms with Crippen molar-refractivity contribution in [2.45, 2.75) is 49.5 Å². The molecule has 1 saturated heterocycles. The maximum absolute atomic E-state index is 13.1. The second kappa shape index (κ2) is 8.99. The van der Waals surface area contributed by atoms with Crippen LogP contribution in [0.1, 0.15) is 12.8 Å². The molecule has 0 radical (unpaired) electrons. The van der Waals surface area contributed by atoms with Crippen molar-refractivity contribution in [3.05, 3.63) is 11.8 Å². The van der Waals surface area contributed by atoms with Gasteiger partial charge in [-0.2, -0.15) is 18.3 Å². The topological polar surface area (TPSA) is 99.0 Å². The molecule has 0 spiro atoms. The van der Waals surface area contributed by atoms with Crippen LogP contribution in [0.5, 0.6) is 0 Å². The van der Waals surface area contributed by atoms with Crippen LogP contribution in [-0.4, -0.2) is 104 Å². The smallest absolute Gasteiger partial charge is 0.394 e. The van der Waals surface area contributed by atoms with Crippen molar-refractivity contribution >= 4 is 18.3 Å². The Morgan fingerprint density at radius 1 is 1.28 bits per heavy atom. The van der Waals surface area contributed by atoms with E-state index in [0.717, 1.165) is 10.7 Å². The number of aliphatic hydroxyl groups is 1. The van der Waals surface area contributed by atoms with Crippen molar-refractivity contribution in [3.63, 3.8) is 0 Å². The number of nitrogens with one attached hydrogen (secondary N) is 1. The van der Waals surface area contributed by atoms with Crippen LogP contribution in [0.2, 0.25) is 0 Å². The average molecular weight is 459 g/mol. The van der Waals surface area contributed by atoms with Crippen LogP contribution in [0.25, 0.3) is 0 Å². The lowest BCUT2D eigenvalue weighted by Crippen LogP contribution is -2.49. The first-order chi connectivity index (χ1) is 15.3. The number of amides is 1. The van der Waals surface area contributed by atoms with Crippen LogP contribution >= 0.6 is 0 Å². The molecule has 6 unspecified atom stereocenters. The van der Waals surface area contributed by atoms with E-state index < -0.39 is 24.9 Å². The highest BCUT2D eigenvalue weighted by Gasteiger charge is 2.49. The SMILES string of the molecule is COC1CC(C2=CCC3C(=O)N(C4C=NN([C@H](CO)C(F)(F)F)C4)CC3N2)C=NC1OC. The van der Waals surface area contributed by atoms with Gasteiger partial charge in [0.2, 0.25) is 5.91 Å². The highest BCUT2D eigenvalue weighted by atomic mass is 19.4. The number of allylic oxidation sites excluding steroid dienone is 2. The van der Waals surface area contributed by atoms with E-state index in [9.17, 15) is 18.0 Å². The summed E-state index contributed by atoms with van der Waals surface area (Å²) in [5.41, 5.74) is 0.973. The molecule has 1 fully saturated rings. The predicted molar refractivity (Wildman–Crippen MR) is 109 cm³/mol. The molecule has 0 aliphatic carbocycles. The number of likely N-dealkylation sites (tertiary alicyclic amines) is 1. The number of rotatable bonds is 6.